The number of nitrogens with two attached hydrogens (primary N) is 1. The van der Waals surface area contributed by atoms with Gasteiger partial charge in [-0.1, -0.05) is 0 Å². The molecule has 1 amide bonds. The number of hydrogen-bond acceptors (Lipinski definition) is 4. The first kappa shape index (κ1) is 15.1. The molecule has 118 valence electrons. The Balaban J connectivity index is 1.80. The molecule has 3 rings (SSSR count). The molecule has 2 N–H and O–H groups in total. The van der Waals surface area contributed by atoms with Crippen LogP contribution in [0.5, 0.6) is 0 Å². The second-order valence-electron chi connectivity index (χ2n) is 6.01. The Hall–Kier alpha value is -2.81. The zero-order valence-corrected chi connectivity index (χ0v) is 13.2. The molecule has 0 saturated heterocycles. The lowest BCUT2D eigenvalue weighted by atomic mass is 10.1. The van der Waals surface area contributed by atoms with Gasteiger partial charge in [0.2, 0.25) is 0 Å². The summed E-state index contributed by atoms with van der Waals surface area (Å²) in [5.41, 5.74) is 7.57. The highest BCUT2D eigenvalue weighted by molar-refractivity contribution is 5.94. The molecule has 0 bridgehead atoms. The average molecular weight is 309 g/mol. The van der Waals surface area contributed by atoms with E-state index in [2.05, 4.69) is 12.0 Å². The molecule has 23 heavy (non-hydrogen) atoms. The first-order valence-corrected chi connectivity index (χ1v) is 7.64. The van der Waals surface area contributed by atoms with Crippen molar-refractivity contribution in [3.8, 4) is 11.8 Å². The molecule has 1 fully saturated rings. The number of nitrogen functional groups attached to an aromatic ring is 1. The third kappa shape index (κ3) is 2.78. The predicted octanol–water partition coefficient (Wildman–Crippen LogP) is 2.20. The maximum atomic E-state index is 12.5. The summed E-state index contributed by atoms with van der Waals surface area (Å²) < 4.78 is 1.49. The average Bonchev–Trinajstić information content (AvgIpc) is 3.36. The van der Waals surface area contributed by atoms with E-state index in [1.165, 1.54) is 23.7 Å². The number of carbonyl (C=O) groups excluding carboxylic acids is 1. The Morgan fingerprint density at radius 1 is 1.43 bits per heavy atom. The molecule has 1 aliphatic rings. The smallest absolute Gasteiger partial charge is 0.253 e. The van der Waals surface area contributed by atoms with E-state index < -0.39 is 0 Å². The maximum absolute atomic E-state index is 12.5. The third-order valence-electron chi connectivity index (χ3n) is 4.52. The van der Waals surface area contributed by atoms with E-state index in [0.29, 0.717) is 22.9 Å². The highest BCUT2D eigenvalue weighted by Gasteiger charge is 2.32. The molecular weight excluding hydrogens is 290 g/mol. The van der Waals surface area contributed by atoms with Crippen LogP contribution in [0.25, 0.3) is 5.69 Å². The van der Waals surface area contributed by atoms with Crippen LogP contribution >= 0.6 is 0 Å². The van der Waals surface area contributed by atoms with Gasteiger partial charge >= 0.3 is 0 Å². The topological polar surface area (TPSA) is 87.9 Å². The number of aromatic nitrogens is 2. The minimum Gasteiger partial charge on any atom is -0.382 e. The lowest BCUT2D eigenvalue weighted by Crippen LogP contribution is -2.36. The lowest BCUT2D eigenvalue weighted by Gasteiger charge is -2.25. The van der Waals surface area contributed by atoms with E-state index in [1.807, 2.05) is 18.0 Å². The molecule has 0 radical (unpaired) electrons. The molecule has 1 aliphatic carbocycles. The van der Waals surface area contributed by atoms with Crippen LogP contribution in [0.1, 0.15) is 35.7 Å². The van der Waals surface area contributed by atoms with Gasteiger partial charge in [0, 0.05) is 18.7 Å². The summed E-state index contributed by atoms with van der Waals surface area (Å²) in [6.45, 7) is 2.10. The van der Waals surface area contributed by atoms with Crippen molar-refractivity contribution in [2.45, 2.75) is 25.8 Å². The van der Waals surface area contributed by atoms with Crippen molar-refractivity contribution < 1.29 is 4.79 Å². The molecule has 1 aromatic heterocycles. The van der Waals surface area contributed by atoms with Crippen LogP contribution in [-0.2, 0) is 0 Å². The fourth-order valence-corrected chi connectivity index (χ4v) is 2.68. The minimum atomic E-state index is 0.0158. The summed E-state index contributed by atoms with van der Waals surface area (Å²) in [5, 5.41) is 13.0. The molecule has 1 heterocycles. The van der Waals surface area contributed by atoms with Crippen LogP contribution in [0, 0.1) is 17.2 Å². The Morgan fingerprint density at radius 2 is 2.09 bits per heavy atom. The van der Waals surface area contributed by atoms with E-state index >= 15 is 0 Å². The van der Waals surface area contributed by atoms with Crippen LogP contribution in [0.4, 0.5) is 5.82 Å². The Morgan fingerprint density at radius 3 is 2.61 bits per heavy atom. The van der Waals surface area contributed by atoms with Crippen molar-refractivity contribution in [1.82, 2.24) is 14.7 Å². The summed E-state index contributed by atoms with van der Waals surface area (Å²) >= 11 is 0. The second kappa shape index (κ2) is 5.76. The van der Waals surface area contributed by atoms with Crippen molar-refractivity contribution in [2.24, 2.45) is 5.92 Å². The van der Waals surface area contributed by atoms with Gasteiger partial charge in [-0.2, -0.15) is 10.4 Å². The lowest BCUT2D eigenvalue weighted by molar-refractivity contribution is 0.0727. The summed E-state index contributed by atoms with van der Waals surface area (Å²) in [6, 6.07) is 9.36. The van der Waals surface area contributed by atoms with E-state index in [-0.39, 0.29) is 11.9 Å². The number of benzene rings is 1. The fourth-order valence-electron chi connectivity index (χ4n) is 2.68. The van der Waals surface area contributed by atoms with Crippen LogP contribution in [0.2, 0.25) is 0 Å². The second-order valence-corrected chi connectivity index (χ2v) is 6.01. The van der Waals surface area contributed by atoms with Crippen LogP contribution < -0.4 is 5.73 Å². The molecule has 6 nitrogen and oxygen atoms in total. The van der Waals surface area contributed by atoms with Gasteiger partial charge in [-0.25, -0.2) is 4.68 Å². The van der Waals surface area contributed by atoms with Crippen molar-refractivity contribution >= 4 is 11.7 Å². The van der Waals surface area contributed by atoms with Crippen LogP contribution in [0.3, 0.4) is 0 Å². The number of nitrogens with zero attached hydrogens (tertiary/aromatic N) is 4. The molecule has 1 aromatic carbocycles. The van der Waals surface area contributed by atoms with E-state index in [0.717, 1.165) is 5.69 Å². The molecule has 6 heteroatoms. The first-order valence-electron chi connectivity index (χ1n) is 7.64. The van der Waals surface area contributed by atoms with Gasteiger partial charge < -0.3 is 10.6 Å². The number of anilines is 1. The van der Waals surface area contributed by atoms with E-state index in [1.54, 1.807) is 24.3 Å². The highest BCUT2D eigenvalue weighted by Crippen LogP contribution is 2.35. The van der Waals surface area contributed by atoms with Gasteiger partial charge in [0.05, 0.1) is 11.9 Å². The molecule has 0 spiro atoms. The van der Waals surface area contributed by atoms with Gasteiger partial charge in [-0.05, 0) is 49.9 Å². The molecule has 1 atom stereocenters. The quantitative estimate of drug-likeness (QED) is 0.937. The van der Waals surface area contributed by atoms with E-state index in [4.69, 9.17) is 11.0 Å². The van der Waals surface area contributed by atoms with Crippen molar-refractivity contribution in [3.05, 3.63) is 41.6 Å². The van der Waals surface area contributed by atoms with E-state index in [9.17, 15) is 4.79 Å². The number of rotatable bonds is 4. The molecule has 1 saturated carbocycles. The SMILES string of the molecule is CC(C1CC1)N(C)C(=O)c1ccc(-n2ncc(C#N)c2N)cc1. The number of amides is 1. The summed E-state index contributed by atoms with van der Waals surface area (Å²) in [4.78, 5) is 14.3. The Bertz CT molecular complexity index is 767. The normalized spacial score (nSPS) is 15.0. The minimum absolute atomic E-state index is 0.0158. The Kier molecular flexibility index (Phi) is 3.78. The van der Waals surface area contributed by atoms with Gasteiger partial charge in [0.15, 0.2) is 0 Å². The predicted molar refractivity (Wildman–Crippen MR) is 87.0 cm³/mol. The van der Waals surface area contributed by atoms with Crippen LogP contribution in [-0.4, -0.2) is 33.7 Å². The standard InChI is InChI=1S/C17H19N5O/c1-11(12-3-4-12)21(2)17(23)13-5-7-15(8-6-13)22-16(19)14(9-18)10-20-22/h5-8,10-12H,3-4,19H2,1-2H3. The summed E-state index contributed by atoms with van der Waals surface area (Å²) in [7, 11) is 1.85. The Labute approximate surface area is 135 Å². The molecular formula is C17H19N5O. The third-order valence-corrected chi connectivity index (χ3v) is 4.52. The highest BCUT2D eigenvalue weighted by atomic mass is 16.2. The van der Waals surface area contributed by atoms with Gasteiger partial charge in [0.1, 0.15) is 17.5 Å². The molecule has 2 aromatic rings. The first-order chi connectivity index (χ1) is 11.0. The number of nitriles is 1. The zero-order valence-electron chi connectivity index (χ0n) is 13.2. The summed E-state index contributed by atoms with van der Waals surface area (Å²) in [5.74, 6) is 0.949. The zero-order chi connectivity index (χ0) is 16.6. The van der Waals surface area contributed by atoms with Gasteiger partial charge in [-0.3, -0.25) is 4.79 Å². The maximum Gasteiger partial charge on any atom is 0.253 e. The number of hydrogen-bond donors (Lipinski definition) is 1. The number of carbonyl (C=O) groups is 1. The van der Waals surface area contributed by atoms with Gasteiger partial charge in [0.25, 0.3) is 5.91 Å². The van der Waals surface area contributed by atoms with Gasteiger partial charge in [-0.15, -0.1) is 0 Å². The summed E-state index contributed by atoms with van der Waals surface area (Å²) in [6.07, 6.45) is 3.84. The molecule has 0 aliphatic heterocycles. The monoisotopic (exact) mass is 309 g/mol. The van der Waals surface area contributed by atoms with Crippen molar-refractivity contribution in [1.29, 1.82) is 5.26 Å². The van der Waals surface area contributed by atoms with Crippen molar-refractivity contribution in [3.63, 3.8) is 0 Å². The largest absolute Gasteiger partial charge is 0.382 e. The van der Waals surface area contributed by atoms with Crippen molar-refractivity contribution in [2.75, 3.05) is 12.8 Å². The fraction of sp³-hybridized carbons (Fsp3) is 0.353. The molecule has 1 unspecified atom stereocenters. The van der Waals surface area contributed by atoms with Crippen LogP contribution in [0.15, 0.2) is 30.5 Å².